The average Bonchev–Trinajstić information content (AvgIpc) is 2.78. The predicted octanol–water partition coefficient (Wildman–Crippen LogP) is 3.31. The zero-order valence-corrected chi connectivity index (χ0v) is 17.0. The van der Waals surface area contributed by atoms with Crippen LogP contribution in [0.2, 0.25) is 0 Å². The van der Waals surface area contributed by atoms with Gasteiger partial charge >= 0.3 is 0 Å². The number of rotatable bonds is 7. The van der Waals surface area contributed by atoms with Crippen molar-refractivity contribution in [3.8, 4) is 11.5 Å². The Morgan fingerprint density at radius 3 is 2.21 bits per heavy atom. The largest absolute Gasteiger partial charge is 0.493 e. The molecule has 1 aromatic rings. The molecule has 8 heteroatoms. The van der Waals surface area contributed by atoms with Crippen molar-refractivity contribution in [2.24, 2.45) is 11.3 Å². The number of hydrogen-bond acceptors (Lipinski definition) is 7. The normalized spacial score (nSPS) is 19.4. The van der Waals surface area contributed by atoms with Gasteiger partial charge in [0.2, 0.25) is 0 Å². The van der Waals surface area contributed by atoms with Gasteiger partial charge in [-0.15, -0.1) is 0 Å². The predicted molar refractivity (Wildman–Crippen MR) is 107 cm³/mol. The number of nitrogens with zero attached hydrogens (tertiary/aromatic N) is 1. The fraction of sp³-hybridized carbons (Fsp3) is 0.619. The first-order chi connectivity index (χ1) is 13.9. The van der Waals surface area contributed by atoms with Crippen molar-refractivity contribution in [2.45, 2.75) is 44.9 Å². The molecule has 1 saturated carbocycles. The highest BCUT2D eigenvalue weighted by molar-refractivity contribution is 6.17. The van der Waals surface area contributed by atoms with Gasteiger partial charge in [0, 0.05) is 12.0 Å². The lowest BCUT2D eigenvalue weighted by Crippen LogP contribution is -2.47. The van der Waals surface area contributed by atoms with Crippen molar-refractivity contribution in [3.05, 3.63) is 27.8 Å². The molecule has 1 aliphatic heterocycles. The molecule has 0 amide bonds. The Labute approximate surface area is 170 Å². The number of methoxy groups -OCH3 is 2. The van der Waals surface area contributed by atoms with Crippen LogP contribution in [0.5, 0.6) is 11.5 Å². The number of piperidine rings is 1. The molecular weight excluding hydrogens is 376 g/mol. The number of ether oxygens (including phenoxy) is 2. The minimum absolute atomic E-state index is 0.0483. The second-order valence-electron chi connectivity index (χ2n) is 7.84. The third kappa shape index (κ3) is 3.99. The van der Waals surface area contributed by atoms with Crippen LogP contribution in [-0.4, -0.2) is 43.8 Å². The number of hydrogen-bond donors (Lipinski definition) is 1. The number of Topliss-reactive ketones (excluding diaryl/α,β-unsaturated/α-hetero) is 2. The van der Waals surface area contributed by atoms with Crippen molar-refractivity contribution in [1.82, 2.24) is 5.32 Å². The fourth-order valence-corrected chi connectivity index (χ4v) is 4.67. The van der Waals surface area contributed by atoms with E-state index in [1.54, 1.807) is 0 Å². The monoisotopic (exact) mass is 404 g/mol. The molecule has 29 heavy (non-hydrogen) atoms. The summed E-state index contributed by atoms with van der Waals surface area (Å²) in [7, 11) is 2.79. The maximum Gasteiger partial charge on any atom is 0.284 e. The van der Waals surface area contributed by atoms with Gasteiger partial charge in [-0.1, -0.05) is 19.3 Å². The fourth-order valence-electron chi connectivity index (χ4n) is 4.67. The molecule has 1 saturated heterocycles. The van der Waals surface area contributed by atoms with Crippen LogP contribution in [0.25, 0.3) is 0 Å². The third-order valence-electron chi connectivity index (χ3n) is 6.27. The van der Waals surface area contributed by atoms with E-state index in [9.17, 15) is 19.7 Å². The van der Waals surface area contributed by atoms with E-state index in [0.29, 0.717) is 25.7 Å². The van der Waals surface area contributed by atoms with Crippen LogP contribution < -0.4 is 14.8 Å². The van der Waals surface area contributed by atoms with Crippen LogP contribution in [0.15, 0.2) is 12.1 Å². The summed E-state index contributed by atoms with van der Waals surface area (Å²) in [6, 6.07) is 2.56. The Bertz CT molecular complexity index is 795. The molecule has 0 spiro atoms. The standard InChI is InChI=1S/C21H28N2O6/c1-28-17-12-15(16(23(26)27)13-18(17)29-2)20(25)21(8-4-3-5-9-21)19(24)14-6-10-22-11-7-14/h12-14,22H,3-11H2,1-2H3. The minimum atomic E-state index is -1.19. The van der Waals surface area contributed by atoms with Gasteiger partial charge in [-0.3, -0.25) is 19.7 Å². The van der Waals surface area contributed by atoms with Crippen LogP contribution >= 0.6 is 0 Å². The van der Waals surface area contributed by atoms with Crippen LogP contribution in [0.4, 0.5) is 5.69 Å². The molecule has 0 unspecified atom stereocenters. The van der Waals surface area contributed by atoms with Gasteiger partial charge in [0.1, 0.15) is 11.3 Å². The topological polar surface area (TPSA) is 108 Å². The Morgan fingerprint density at radius 2 is 1.66 bits per heavy atom. The van der Waals surface area contributed by atoms with Crippen LogP contribution in [0.3, 0.4) is 0 Å². The second-order valence-corrected chi connectivity index (χ2v) is 7.84. The van der Waals surface area contributed by atoms with Gasteiger partial charge in [-0.25, -0.2) is 0 Å². The van der Waals surface area contributed by atoms with E-state index in [4.69, 9.17) is 9.47 Å². The molecule has 3 rings (SSSR count). The summed E-state index contributed by atoms with van der Waals surface area (Å²) in [4.78, 5) is 38.5. The molecule has 1 N–H and O–H groups in total. The van der Waals surface area contributed by atoms with Crippen LogP contribution in [0, 0.1) is 21.4 Å². The van der Waals surface area contributed by atoms with Crippen molar-refractivity contribution < 1.29 is 24.0 Å². The molecule has 1 aliphatic carbocycles. The maximum atomic E-state index is 13.8. The summed E-state index contributed by atoms with van der Waals surface area (Å²) in [5, 5.41) is 15.0. The molecule has 8 nitrogen and oxygen atoms in total. The zero-order valence-electron chi connectivity index (χ0n) is 17.0. The van der Waals surface area contributed by atoms with E-state index in [1.807, 2.05) is 0 Å². The van der Waals surface area contributed by atoms with Crippen LogP contribution in [-0.2, 0) is 4.79 Å². The van der Waals surface area contributed by atoms with Gasteiger partial charge < -0.3 is 14.8 Å². The lowest BCUT2D eigenvalue weighted by Gasteiger charge is -2.38. The molecule has 0 bridgehead atoms. The van der Waals surface area contributed by atoms with E-state index in [0.717, 1.165) is 32.4 Å². The maximum absolute atomic E-state index is 13.8. The number of benzene rings is 1. The lowest BCUT2D eigenvalue weighted by atomic mass is 9.63. The van der Waals surface area contributed by atoms with E-state index >= 15 is 0 Å². The van der Waals surface area contributed by atoms with Crippen molar-refractivity contribution in [3.63, 3.8) is 0 Å². The Kier molecular flexibility index (Phi) is 6.52. The molecule has 1 heterocycles. The lowest BCUT2D eigenvalue weighted by molar-refractivity contribution is -0.385. The van der Waals surface area contributed by atoms with E-state index in [-0.39, 0.29) is 34.5 Å². The number of carbonyl (C=O) groups excluding carboxylic acids is 2. The third-order valence-corrected chi connectivity index (χ3v) is 6.27. The summed E-state index contributed by atoms with van der Waals surface area (Å²) in [6.45, 7) is 1.49. The van der Waals surface area contributed by atoms with E-state index in [1.165, 1.54) is 26.4 Å². The highest BCUT2D eigenvalue weighted by Gasteiger charge is 2.50. The highest BCUT2D eigenvalue weighted by Crippen LogP contribution is 2.46. The number of carbonyl (C=O) groups is 2. The summed E-state index contributed by atoms with van der Waals surface area (Å²) in [5.74, 6) is -0.265. The van der Waals surface area contributed by atoms with Crippen LogP contribution in [0.1, 0.15) is 55.3 Å². The first kappa shape index (κ1) is 21.2. The number of ketones is 2. The Hall–Kier alpha value is -2.48. The number of nitrogens with one attached hydrogen (secondary N) is 1. The quantitative estimate of drug-likeness (QED) is 0.321. The SMILES string of the molecule is COc1cc(C(=O)C2(C(=O)C3CCNCC3)CCCCC2)c([N+](=O)[O-])cc1OC. The zero-order chi connectivity index (χ0) is 21.0. The first-order valence-electron chi connectivity index (χ1n) is 10.1. The summed E-state index contributed by atoms with van der Waals surface area (Å²) in [6.07, 6.45) is 4.78. The van der Waals surface area contributed by atoms with Crippen molar-refractivity contribution in [1.29, 1.82) is 0 Å². The molecule has 1 aromatic carbocycles. The molecule has 2 fully saturated rings. The summed E-state index contributed by atoms with van der Waals surface area (Å²) >= 11 is 0. The molecule has 0 atom stereocenters. The summed E-state index contributed by atoms with van der Waals surface area (Å²) < 4.78 is 10.4. The first-order valence-corrected chi connectivity index (χ1v) is 10.1. The van der Waals surface area contributed by atoms with E-state index < -0.39 is 16.1 Å². The average molecular weight is 404 g/mol. The van der Waals surface area contributed by atoms with Gasteiger partial charge in [0.25, 0.3) is 5.69 Å². The van der Waals surface area contributed by atoms with E-state index in [2.05, 4.69) is 5.32 Å². The van der Waals surface area contributed by atoms with Crippen molar-refractivity contribution >= 4 is 17.3 Å². The summed E-state index contributed by atoms with van der Waals surface area (Å²) in [5.41, 5.74) is -1.61. The highest BCUT2D eigenvalue weighted by atomic mass is 16.6. The molecule has 0 radical (unpaired) electrons. The Morgan fingerprint density at radius 1 is 1.07 bits per heavy atom. The minimum Gasteiger partial charge on any atom is -0.493 e. The number of nitro benzene ring substituents is 1. The molecule has 2 aliphatic rings. The van der Waals surface area contributed by atoms with Gasteiger partial charge in [0.15, 0.2) is 17.3 Å². The van der Waals surface area contributed by atoms with Gasteiger partial charge in [-0.2, -0.15) is 0 Å². The number of nitro groups is 1. The van der Waals surface area contributed by atoms with Gasteiger partial charge in [-0.05, 0) is 38.8 Å². The molecular formula is C21H28N2O6. The van der Waals surface area contributed by atoms with Gasteiger partial charge in [0.05, 0.1) is 30.6 Å². The smallest absolute Gasteiger partial charge is 0.284 e. The molecule has 158 valence electrons. The molecule has 0 aromatic heterocycles. The second kappa shape index (κ2) is 8.90. The Balaban J connectivity index is 2.08. The van der Waals surface area contributed by atoms with Crippen molar-refractivity contribution in [2.75, 3.05) is 27.3 Å².